The van der Waals surface area contributed by atoms with Gasteiger partial charge in [0.1, 0.15) is 0 Å². The Morgan fingerprint density at radius 1 is 1.10 bits per heavy atom. The molecule has 2 heterocycles. The van der Waals surface area contributed by atoms with Crippen molar-refractivity contribution in [2.24, 2.45) is 0 Å². The van der Waals surface area contributed by atoms with E-state index in [0.29, 0.717) is 22.7 Å². The van der Waals surface area contributed by atoms with Gasteiger partial charge in [0, 0.05) is 41.2 Å². The van der Waals surface area contributed by atoms with Gasteiger partial charge in [-0.3, -0.25) is 9.59 Å². The zero-order valence-electron chi connectivity index (χ0n) is 16.4. The van der Waals surface area contributed by atoms with Gasteiger partial charge >= 0.3 is 0 Å². The van der Waals surface area contributed by atoms with Gasteiger partial charge in [-0.25, -0.2) is 4.98 Å². The van der Waals surface area contributed by atoms with Crippen molar-refractivity contribution >= 4 is 40.4 Å². The van der Waals surface area contributed by atoms with E-state index in [4.69, 9.17) is 11.6 Å². The van der Waals surface area contributed by atoms with E-state index < -0.39 is 0 Å². The van der Waals surface area contributed by atoms with Crippen molar-refractivity contribution in [2.75, 3.05) is 18.4 Å². The number of nitrogens with one attached hydrogen (secondary N) is 1. The molecule has 0 aliphatic carbocycles. The quantitative estimate of drug-likeness (QED) is 0.599. The lowest BCUT2D eigenvalue weighted by atomic mass is 10.1. The molecule has 4 rings (SSSR count). The van der Waals surface area contributed by atoms with E-state index in [1.54, 1.807) is 24.3 Å². The Bertz CT molecular complexity index is 1040. The largest absolute Gasteiger partial charge is 0.339 e. The summed E-state index contributed by atoms with van der Waals surface area (Å²) in [6, 6.07) is 14.8. The van der Waals surface area contributed by atoms with Crippen LogP contribution in [0.25, 0.3) is 0 Å². The highest BCUT2D eigenvalue weighted by Gasteiger charge is 2.19. The summed E-state index contributed by atoms with van der Waals surface area (Å²) < 4.78 is 0. The summed E-state index contributed by atoms with van der Waals surface area (Å²) in [5.41, 5.74) is 3.17. The van der Waals surface area contributed by atoms with Crippen LogP contribution >= 0.6 is 22.9 Å². The SMILES string of the molecule is O=C(Cc1csc(Cc2cccc(Cl)c2)n1)Nc1ccc(C(=O)N2CCCC2)cc1. The number of nitrogens with zero attached hydrogens (tertiary/aromatic N) is 2. The normalized spacial score (nSPS) is 13.4. The summed E-state index contributed by atoms with van der Waals surface area (Å²) >= 11 is 7.57. The van der Waals surface area contributed by atoms with Crippen LogP contribution in [0.2, 0.25) is 5.02 Å². The molecule has 1 fully saturated rings. The number of benzene rings is 2. The number of rotatable bonds is 6. The Hall–Kier alpha value is -2.70. The number of aromatic nitrogens is 1. The first kappa shape index (κ1) is 20.6. The number of likely N-dealkylation sites (tertiary alicyclic amines) is 1. The highest BCUT2D eigenvalue weighted by atomic mass is 35.5. The zero-order valence-corrected chi connectivity index (χ0v) is 18.0. The molecule has 0 saturated carbocycles. The van der Waals surface area contributed by atoms with Crippen molar-refractivity contribution in [2.45, 2.75) is 25.7 Å². The fourth-order valence-corrected chi connectivity index (χ4v) is 4.54. The molecule has 7 heteroatoms. The Kier molecular flexibility index (Phi) is 6.45. The number of thiazole rings is 1. The summed E-state index contributed by atoms with van der Waals surface area (Å²) in [7, 11) is 0. The topological polar surface area (TPSA) is 62.3 Å². The van der Waals surface area contributed by atoms with Crippen LogP contribution in [0.4, 0.5) is 5.69 Å². The molecule has 2 aromatic carbocycles. The van der Waals surface area contributed by atoms with Crippen LogP contribution in [0.5, 0.6) is 0 Å². The third-order valence-corrected chi connectivity index (χ3v) is 6.13. The van der Waals surface area contributed by atoms with Gasteiger partial charge in [-0.2, -0.15) is 0 Å². The molecule has 0 spiro atoms. The average Bonchev–Trinajstić information content (AvgIpc) is 3.40. The highest BCUT2D eigenvalue weighted by molar-refractivity contribution is 7.09. The maximum Gasteiger partial charge on any atom is 0.253 e. The molecule has 1 aromatic heterocycles. The van der Waals surface area contributed by atoms with Crippen molar-refractivity contribution < 1.29 is 9.59 Å². The number of carbonyl (C=O) groups excluding carboxylic acids is 2. The molecule has 1 aliphatic rings. The number of hydrogen-bond acceptors (Lipinski definition) is 4. The lowest BCUT2D eigenvalue weighted by Crippen LogP contribution is -2.27. The summed E-state index contributed by atoms with van der Waals surface area (Å²) in [5, 5.41) is 6.44. The van der Waals surface area contributed by atoms with E-state index in [0.717, 1.165) is 42.2 Å². The first-order valence-electron chi connectivity index (χ1n) is 9.94. The Balaban J connectivity index is 1.31. The predicted octanol–water partition coefficient (Wildman–Crippen LogP) is 4.80. The third-order valence-electron chi connectivity index (χ3n) is 4.99. The van der Waals surface area contributed by atoms with Crippen molar-refractivity contribution in [3.8, 4) is 0 Å². The smallest absolute Gasteiger partial charge is 0.253 e. The third kappa shape index (κ3) is 5.26. The maximum atomic E-state index is 12.4. The monoisotopic (exact) mass is 439 g/mol. The van der Waals surface area contributed by atoms with E-state index in [-0.39, 0.29) is 18.2 Å². The molecule has 1 aliphatic heterocycles. The van der Waals surface area contributed by atoms with Crippen molar-refractivity contribution in [3.05, 3.63) is 80.8 Å². The van der Waals surface area contributed by atoms with Crippen LogP contribution in [0.15, 0.2) is 53.9 Å². The summed E-state index contributed by atoms with van der Waals surface area (Å²) in [5.74, 6) is -0.0756. The zero-order chi connectivity index (χ0) is 20.9. The minimum absolute atomic E-state index is 0.0556. The second-order valence-corrected chi connectivity index (χ2v) is 8.72. The molecule has 2 amide bonds. The Labute approximate surface area is 184 Å². The van der Waals surface area contributed by atoms with Crippen LogP contribution in [0.3, 0.4) is 0 Å². The molecule has 0 radical (unpaired) electrons. The second-order valence-electron chi connectivity index (χ2n) is 7.34. The molecule has 0 unspecified atom stereocenters. The van der Waals surface area contributed by atoms with Crippen molar-refractivity contribution in [1.29, 1.82) is 0 Å². The number of amides is 2. The standard InChI is InChI=1S/C23H22ClN3O2S/c24-18-5-3-4-16(12-18)13-22-26-20(15-30-22)14-21(28)25-19-8-6-17(7-9-19)23(29)27-10-1-2-11-27/h3-9,12,15H,1-2,10-11,13-14H2,(H,25,28). The molecule has 1 saturated heterocycles. The van der Waals surface area contributed by atoms with Crippen LogP contribution in [0.1, 0.15) is 39.5 Å². The molecule has 3 aromatic rings. The van der Waals surface area contributed by atoms with Gasteiger partial charge in [-0.15, -0.1) is 11.3 Å². The molecule has 1 N–H and O–H groups in total. The molecule has 30 heavy (non-hydrogen) atoms. The van der Waals surface area contributed by atoms with Crippen LogP contribution < -0.4 is 5.32 Å². The Morgan fingerprint density at radius 3 is 2.60 bits per heavy atom. The number of anilines is 1. The van der Waals surface area contributed by atoms with Gasteiger partial charge in [0.15, 0.2) is 0 Å². The summed E-state index contributed by atoms with van der Waals surface area (Å²) in [6.45, 7) is 1.65. The first-order chi connectivity index (χ1) is 14.6. The van der Waals surface area contributed by atoms with Crippen LogP contribution in [-0.2, 0) is 17.6 Å². The summed E-state index contributed by atoms with van der Waals surface area (Å²) in [6.07, 6.45) is 3.04. The lowest BCUT2D eigenvalue weighted by Gasteiger charge is -2.15. The van der Waals surface area contributed by atoms with E-state index in [1.807, 2.05) is 34.5 Å². The van der Waals surface area contributed by atoms with Gasteiger partial charge in [-0.1, -0.05) is 23.7 Å². The van der Waals surface area contributed by atoms with E-state index >= 15 is 0 Å². The van der Waals surface area contributed by atoms with E-state index in [9.17, 15) is 9.59 Å². The average molecular weight is 440 g/mol. The molecule has 0 atom stereocenters. The molecule has 0 bridgehead atoms. The van der Waals surface area contributed by atoms with Gasteiger partial charge in [0.2, 0.25) is 5.91 Å². The van der Waals surface area contributed by atoms with E-state index in [1.165, 1.54) is 11.3 Å². The molecule has 154 valence electrons. The number of hydrogen-bond donors (Lipinski definition) is 1. The fourth-order valence-electron chi connectivity index (χ4n) is 3.50. The van der Waals surface area contributed by atoms with E-state index in [2.05, 4.69) is 10.3 Å². The maximum absolute atomic E-state index is 12.4. The first-order valence-corrected chi connectivity index (χ1v) is 11.2. The second kappa shape index (κ2) is 9.41. The van der Waals surface area contributed by atoms with Gasteiger partial charge in [0.05, 0.1) is 17.1 Å². The molecular formula is C23H22ClN3O2S. The van der Waals surface area contributed by atoms with Gasteiger partial charge in [-0.05, 0) is 54.8 Å². The van der Waals surface area contributed by atoms with Crippen molar-refractivity contribution in [1.82, 2.24) is 9.88 Å². The molecular weight excluding hydrogens is 418 g/mol. The van der Waals surface area contributed by atoms with Crippen LogP contribution in [-0.4, -0.2) is 34.8 Å². The van der Waals surface area contributed by atoms with Crippen molar-refractivity contribution in [3.63, 3.8) is 0 Å². The van der Waals surface area contributed by atoms with Gasteiger partial charge in [0.25, 0.3) is 5.91 Å². The minimum Gasteiger partial charge on any atom is -0.339 e. The molecule has 5 nitrogen and oxygen atoms in total. The number of carbonyl (C=O) groups is 2. The Morgan fingerprint density at radius 2 is 1.87 bits per heavy atom. The fraction of sp³-hybridized carbons (Fsp3) is 0.261. The predicted molar refractivity (Wildman–Crippen MR) is 120 cm³/mol. The van der Waals surface area contributed by atoms with Gasteiger partial charge < -0.3 is 10.2 Å². The minimum atomic E-state index is -0.131. The summed E-state index contributed by atoms with van der Waals surface area (Å²) in [4.78, 5) is 31.2. The lowest BCUT2D eigenvalue weighted by molar-refractivity contribution is -0.115. The number of halogens is 1. The van der Waals surface area contributed by atoms with Crippen LogP contribution in [0, 0.1) is 0 Å². The highest BCUT2D eigenvalue weighted by Crippen LogP contribution is 2.19.